The van der Waals surface area contributed by atoms with Crippen LogP contribution in [0.1, 0.15) is 60.6 Å². The number of alkyl halides is 9. The van der Waals surface area contributed by atoms with Crippen LogP contribution in [0.3, 0.4) is 0 Å². The van der Waals surface area contributed by atoms with Crippen molar-refractivity contribution in [3.8, 4) is 44.6 Å². The predicted molar refractivity (Wildman–Crippen MR) is 242 cm³/mol. The van der Waals surface area contributed by atoms with Crippen molar-refractivity contribution in [1.82, 2.24) is 30.1 Å². The van der Waals surface area contributed by atoms with Crippen LogP contribution < -0.4 is 5.10 Å². The van der Waals surface area contributed by atoms with Gasteiger partial charge in [-0.1, -0.05) is 44.1 Å². The minimum atomic E-state index is -4.92. The molecule has 0 amide bonds. The molecule has 0 atom stereocenters. The van der Waals surface area contributed by atoms with E-state index in [2.05, 4.69) is 74.9 Å². The maximum Gasteiger partial charge on any atom is 2.00 e. The van der Waals surface area contributed by atoms with Gasteiger partial charge >= 0.3 is 38.0 Å². The molecule has 0 fully saturated rings. The summed E-state index contributed by atoms with van der Waals surface area (Å²) in [6.07, 6.45) is -2.19. The van der Waals surface area contributed by atoms with Crippen LogP contribution in [-0.2, 0) is 60.7 Å². The molecule has 6 aromatic heterocycles. The Kier molecular flexibility index (Phi) is 22.9. The van der Waals surface area contributed by atoms with Crippen LogP contribution in [-0.4, -0.2) is 62.0 Å². The van der Waals surface area contributed by atoms with Crippen molar-refractivity contribution in [3.63, 3.8) is 0 Å². The molecule has 0 saturated carbocycles. The first-order chi connectivity index (χ1) is 33.4. The maximum atomic E-state index is 13.6. The van der Waals surface area contributed by atoms with Gasteiger partial charge in [0.05, 0.1) is 45.9 Å². The van der Waals surface area contributed by atoms with Crippen molar-refractivity contribution in [3.05, 3.63) is 137 Å². The molecule has 0 aliphatic heterocycles. The number of carbonyl (C=O) groups is 3. The van der Waals surface area contributed by atoms with Gasteiger partial charge in [-0.25, -0.2) is 4.98 Å². The summed E-state index contributed by atoms with van der Waals surface area (Å²) >= 11 is 5.34. The van der Waals surface area contributed by atoms with Gasteiger partial charge in [0.15, 0.2) is 0 Å². The Balaban J connectivity index is 0.000000381. The fourth-order valence-corrected chi connectivity index (χ4v) is 7.08. The zero-order chi connectivity index (χ0) is 51.3. The Labute approximate surface area is 420 Å². The molecule has 25 heteroatoms. The molecule has 13 nitrogen and oxygen atoms in total. The number of aromatic nitrogens is 6. The van der Waals surface area contributed by atoms with Crippen LogP contribution in [0.25, 0.3) is 67.2 Å². The van der Waals surface area contributed by atoms with Crippen molar-refractivity contribution < 1.29 is 87.6 Å². The molecule has 0 aliphatic carbocycles. The van der Waals surface area contributed by atoms with E-state index in [9.17, 15) is 53.9 Å². The van der Waals surface area contributed by atoms with Gasteiger partial charge in [-0.3, -0.25) is 29.3 Å². The maximum absolute atomic E-state index is 13.6. The van der Waals surface area contributed by atoms with Crippen molar-refractivity contribution in [2.45, 2.75) is 57.6 Å². The summed E-state index contributed by atoms with van der Waals surface area (Å²) in [5.74, 6) is 0. The molecule has 71 heavy (non-hydrogen) atoms. The fourth-order valence-electron chi connectivity index (χ4n) is 6.12. The molecule has 372 valence electrons. The minimum absolute atomic E-state index is 0. The number of unbranched alkanes of at least 4 members (excludes halogenated alkanes) is 3. The number of carbonyl (C=O) groups excluding carboxylic acids is 3. The Bertz CT molecular complexity index is 2740. The first-order valence-corrected chi connectivity index (χ1v) is 21.2. The fraction of sp³-hybridized carbons (Fsp3) is 0.196. The Morgan fingerprint density at radius 1 is 0.718 bits per heavy atom. The zero-order valence-electron chi connectivity index (χ0n) is 36.3. The van der Waals surface area contributed by atoms with Gasteiger partial charge in [-0.15, -0.1) is 11.3 Å². The van der Waals surface area contributed by atoms with E-state index in [-0.39, 0.29) is 85.5 Å². The molecule has 0 unspecified atom stereocenters. The van der Waals surface area contributed by atoms with Crippen molar-refractivity contribution in [2.75, 3.05) is 0 Å². The van der Waals surface area contributed by atoms with Gasteiger partial charge in [-0.2, -0.15) is 44.7 Å². The number of rotatable bonds is 18. The van der Waals surface area contributed by atoms with Gasteiger partial charge in [0.1, 0.15) is 18.2 Å². The quantitative estimate of drug-likeness (QED) is 0.0116. The summed E-state index contributed by atoms with van der Waals surface area (Å²) in [6.45, 7) is 1.93. The number of halogens is 9. The van der Waals surface area contributed by atoms with Crippen LogP contribution in [0.2, 0.25) is 0 Å². The first-order valence-electron chi connectivity index (χ1n) is 19.9. The number of thiophene rings is 1. The Morgan fingerprint density at radius 2 is 1.25 bits per heavy atom. The number of ether oxygens (including phenoxy) is 3. The van der Waals surface area contributed by atoms with Gasteiger partial charge in [0, 0.05) is 23.5 Å². The molecular formula is C46H34F9N7O6RuS2. The van der Waals surface area contributed by atoms with Crippen LogP contribution in [0.4, 0.5) is 39.5 Å². The number of thiocarbonyl (C=S) groups is 1. The van der Waals surface area contributed by atoms with E-state index < -0.39 is 46.5 Å². The molecule has 0 bridgehead atoms. The zero-order valence-corrected chi connectivity index (χ0v) is 39.7. The smallest absolute Gasteiger partial charge is 0.753 e. The second kappa shape index (κ2) is 28.0. The van der Waals surface area contributed by atoms with E-state index >= 15 is 0 Å². The SMILES string of the molecule is CCCCCCc1ccsc1-c1ccnc(-c2cc(C(F)(F)F)n[n-]2)c1.O=CO/C=C(/c1ccnc(-c2cc(/C=C/OC=O)cc(-c3cc(/C(=C/OC=O)C(F)(F)F)ccn3)n2)c1)C(F)(F)F.[N-]=C=S.[Ru+2]. The number of hydrogen-bond donors (Lipinski definition) is 0. The average Bonchev–Trinajstić information content (AvgIpc) is 4.02. The monoisotopic (exact) mass is 1120 g/mol. The van der Waals surface area contributed by atoms with Crippen molar-refractivity contribution in [2.24, 2.45) is 0 Å². The molecule has 0 N–H and O–H groups in total. The van der Waals surface area contributed by atoms with Crippen LogP contribution in [0.15, 0.2) is 103 Å². The van der Waals surface area contributed by atoms with Crippen molar-refractivity contribution in [1.29, 1.82) is 0 Å². The number of nitrogens with zero attached hydrogens (tertiary/aromatic N) is 7. The third kappa shape index (κ3) is 17.7. The predicted octanol–water partition coefficient (Wildman–Crippen LogP) is 12.1. The van der Waals surface area contributed by atoms with Crippen LogP contribution in [0.5, 0.6) is 0 Å². The van der Waals surface area contributed by atoms with E-state index in [4.69, 9.17) is 5.41 Å². The molecule has 0 aromatic carbocycles. The normalized spacial score (nSPS) is 11.7. The van der Waals surface area contributed by atoms with E-state index in [0.29, 0.717) is 5.69 Å². The van der Waals surface area contributed by atoms with Crippen LogP contribution >= 0.6 is 23.6 Å². The second-order valence-electron chi connectivity index (χ2n) is 13.8. The molecule has 6 rings (SSSR count). The summed E-state index contributed by atoms with van der Waals surface area (Å²) in [5.41, 5.74) is -1.77. The molecule has 0 spiro atoms. The Morgan fingerprint density at radius 3 is 1.75 bits per heavy atom. The molecule has 6 aromatic rings. The summed E-state index contributed by atoms with van der Waals surface area (Å²) in [5, 5.41) is 17.4. The van der Waals surface area contributed by atoms with Crippen LogP contribution in [0, 0.1) is 0 Å². The van der Waals surface area contributed by atoms with Gasteiger partial charge in [-0.05, 0) is 113 Å². The van der Waals surface area contributed by atoms with E-state index in [1.807, 2.05) is 6.07 Å². The van der Waals surface area contributed by atoms with E-state index in [1.54, 1.807) is 23.6 Å². The summed E-state index contributed by atoms with van der Waals surface area (Å²) in [7, 11) is 0. The van der Waals surface area contributed by atoms with Crippen molar-refractivity contribution >= 4 is 65.4 Å². The average molecular weight is 1120 g/mol. The second-order valence-corrected chi connectivity index (χ2v) is 14.9. The third-order valence-electron chi connectivity index (χ3n) is 9.16. The Hall–Kier alpha value is -7.07. The molecular weight excluding hydrogens is 1080 g/mol. The minimum Gasteiger partial charge on any atom is -0.753 e. The number of pyridine rings is 4. The number of isothiocyanates is 1. The molecule has 0 radical (unpaired) electrons. The largest absolute Gasteiger partial charge is 2.00 e. The molecule has 6 heterocycles. The third-order valence-corrected chi connectivity index (χ3v) is 10.2. The first kappa shape index (κ1) is 58.2. The van der Waals surface area contributed by atoms with E-state index in [0.717, 1.165) is 72.3 Å². The van der Waals surface area contributed by atoms with Gasteiger partial charge in [0.2, 0.25) is 0 Å². The topological polar surface area (TPSA) is 180 Å². The van der Waals surface area contributed by atoms with Gasteiger partial charge < -0.3 is 29.8 Å². The number of allylic oxidation sites excluding steroid dienone is 2. The summed E-state index contributed by atoms with van der Waals surface area (Å²) < 4.78 is 133. The molecule has 0 saturated heterocycles. The van der Waals surface area contributed by atoms with Gasteiger partial charge in [0.25, 0.3) is 19.4 Å². The van der Waals surface area contributed by atoms with E-state index in [1.165, 1.54) is 48.2 Å². The number of hydrogen-bond acceptors (Lipinski definition) is 13. The standard InChI is InChI=1S/C26H15F6N3O6.C19H19F3N3S.CNS.Ru/c27-25(28,29)19(11-40-14-37)17-1-4-33-21(9-17)23-7-16(3-6-39-13-36)8-24(35-23)22-10-18(2-5-34-22)20(12-41-15-38)26(30,31)32;1-2-3-4-5-6-13-8-10-26-18(13)14-7-9-23-15(11-14)16-12-17(25-24-16)19(20,21)22;2-1-3;/h1-15H;7-12H,2-6H2,1H3;;/q;2*-1;+2/b6-3+,19-11-,20-12-;;;. The summed E-state index contributed by atoms with van der Waals surface area (Å²) in [4.78, 5) is 49.1. The molecule has 0 aliphatic rings. The number of aryl methyl sites for hydroxylation is 1. The summed E-state index contributed by atoms with van der Waals surface area (Å²) in [6, 6.07) is 13.4.